The number of ether oxygens (including phenoxy) is 1. The van der Waals surface area contributed by atoms with Gasteiger partial charge in [0.2, 0.25) is 0 Å². The highest BCUT2D eigenvalue weighted by molar-refractivity contribution is 9.10. The fourth-order valence-electron chi connectivity index (χ4n) is 1.58. The summed E-state index contributed by atoms with van der Waals surface area (Å²) in [6.45, 7) is 0.394. The molecule has 0 aliphatic rings. The standard InChI is InChI=1S/C14H12BrClN2O/c15-12-7-10(5-6-11(12)14(17)18)19-8-9-3-1-2-4-13(9)16/h1-7H,8H2,(H3,17,18). The summed E-state index contributed by atoms with van der Waals surface area (Å²) < 4.78 is 6.40. The van der Waals surface area contributed by atoms with E-state index in [1.54, 1.807) is 18.2 Å². The van der Waals surface area contributed by atoms with Gasteiger partial charge < -0.3 is 10.5 Å². The van der Waals surface area contributed by atoms with Gasteiger partial charge in [0, 0.05) is 20.6 Å². The summed E-state index contributed by atoms with van der Waals surface area (Å²) >= 11 is 9.42. The van der Waals surface area contributed by atoms with E-state index < -0.39 is 0 Å². The van der Waals surface area contributed by atoms with Gasteiger partial charge in [0.15, 0.2) is 0 Å². The maximum absolute atomic E-state index is 7.40. The van der Waals surface area contributed by atoms with Gasteiger partial charge in [0.25, 0.3) is 0 Å². The molecule has 0 heterocycles. The monoisotopic (exact) mass is 338 g/mol. The largest absolute Gasteiger partial charge is 0.489 e. The van der Waals surface area contributed by atoms with E-state index in [2.05, 4.69) is 15.9 Å². The Bertz CT molecular complexity index is 616. The van der Waals surface area contributed by atoms with E-state index in [9.17, 15) is 0 Å². The zero-order valence-electron chi connectivity index (χ0n) is 9.99. The first-order valence-electron chi connectivity index (χ1n) is 5.58. The lowest BCUT2D eigenvalue weighted by atomic mass is 10.2. The van der Waals surface area contributed by atoms with Crippen LogP contribution in [0, 0.1) is 5.41 Å². The molecule has 0 aliphatic carbocycles. The number of rotatable bonds is 4. The molecule has 0 bridgehead atoms. The molecule has 3 nitrogen and oxygen atoms in total. The maximum Gasteiger partial charge on any atom is 0.123 e. The number of hydrogen-bond donors (Lipinski definition) is 2. The van der Waals surface area contributed by atoms with Crippen molar-refractivity contribution in [2.45, 2.75) is 6.61 Å². The molecular weight excluding hydrogens is 328 g/mol. The lowest BCUT2D eigenvalue weighted by molar-refractivity contribution is 0.306. The minimum atomic E-state index is 0.0181. The third kappa shape index (κ3) is 3.49. The van der Waals surface area contributed by atoms with Crippen molar-refractivity contribution in [1.29, 1.82) is 5.41 Å². The van der Waals surface area contributed by atoms with Gasteiger partial charge in [0.05, 0.1) is 0 Å². The highest BCUT2D eigenvalue weighted by Crippen LogP contribution is 2.24. The Morgan fingerprint density at radius 3 is 2.63 bits per heavy atom. The fraction of sp³-hybridized carbons (Fsp3) is 0.0714. The highest BCUT2D eigenvalue weighted by atomic mass is 79.9. The summed E-state index contributed by atoms with van der Waals surface area (Å²) in [7, 11) is 0. The molecule has 2 aromatic carbocycles. The Balaban J connectivity index is 2.11. The number of amidine groups is 1. The molecular formula is C14H12BrClN2O. The normalized spacial score (nSPS) is 10.2. The number of nitrogens with two attached hydrogens (primary N) is 1. The molecule has 0 aliphatic heterocycles. The lowest BCUT2D eigenvalue weighted by Crippen LogP contribution is -2.11. The summed E-state index contributed by atoms with van der Waals surface area (Å²) in [6, 6.07) is 12.8. The molecule has 0 aromatic heterocycles. The van der Waals surface area contributed by atoms with Crippen LogP contribution in [0.15, 0.2) is 46.9 Å². The van der Waals surface area contributed by atoms with Crippen LogP contribution in [-0.4, -0.2) is 5.84 Å². The first-order chi connectivity index (χ1) is 9.08. The van der Waals surface area contributed by atoms with Crippen molar-refractivity contribution in [3.63, 3.8) is 0 Å². The topological polar surface area (TPSA) is 59.1 Å². The van der Waals surface area contributed by atoms with Crippen molar-refractivity contribution in [3.05, 3.63) is 63.1 Å². The third-order valence-corrected chi connectivity index (χ3v) is 3.61. The van der Waals surface area contributed by atoms with Crippen LogP contribution in [0.5, 0.6) is 5.75 Å². The average Bonchev–Trinajstić information content (AvgIpc) is 2.37. The molecule has 0 amide bonds. The zero-order valence-corrected chi connectivity index (χ0v) is 12.3. The summed E-state index contributed by atoms with van der Waals surface area (Å²) in [6.07, 6.45) is 0. The molecule has 0 atom stereocenters. The summed E-state index contributed by atoms with van der Waals surface area (Å²) in [5.74, 6) is 0.710. The molecule has 0 spiro atoms. The number of halogens is 2. The molecule has 2 rings (SSSR count). The van der Waals surface area contributed by atoms with Gasteiger partial charge in [-0.2, -0.15) is 0 Å². The van der Waals surface area contributed by atoms with Crippen molar-refractivity contribution >= 4 is 33.4 Å². The van der Waals surface area contributed by atoms with Crippen LogP contribution in [0.3, 0.4) is 0 Å². The van der Waals surface area contributed by atoms with Crippen molar-refractivity contribution in [1.82, 2.24) is 0 Å². The lowest BCUT2D eigenvalue weighted by Gasteiger charge is -2.09. The first kappa shape index (κ1) is 13.9. The van der Waals surface area contributed by atoms with Crippen LogP contribution in [0.1, 0.15) is 11.1 Å². The van der Waals surface area contributed by atoms with Crippen molar-refractivity contribution in [3.8, 4) is 5.75 Å². The Morgan fingerprint density at radius 2 is 2.00 bits per heavy atom. The van der Waals surface area contributed by atoms with Crippen molar-refractivity contribution < 1.29 is 4.74 Å². The van der Waals surface area contributed by atoms with Crippen LogP contribution < -0.4 is 10.5 Å². The van der Waals surface area contributed by atoms with E-state index in [0.29, 0.717) is 22.9 Å². The maximum atomic E-state index is 7.40. The van der Waals surface area contributed by atoms with Gasteiger partial charge in [-0.25, -0.2) is 0 Å². The number of nitrogens with one attached hydrogen (secondary N) is 1. The summed E-state index contributed by atoms with van der Waals surface area (Å²) in [5.41, 5.74) is 7.01. The van der Waals surface area contributed by atoms with Gasteiger partial charge in [0.1, 0.15) is 18.2 Å². The fourth-order valence-corrected chi connectivity index (χ4v) is 2.34. The second-order valence-corrected chi connectivity index (χ2v) is 5.20. The molecule has 0 radical (unpaired) electrons. The third-order valence-electron chi connectivity index (χ3n) is 2.58. The molecule has 19 heavy (non-hydrogen) atoms. The van der Waals surface area contributed by atoms with Gasteiger partial charge in [-0.05, 0) is 40.2 Å². The van der Waals surface area contributed by atoms with E-state index in [1.165, 1.54) is 0 Å². The number of nitrogen functional groups attached to an aromatic ring is 1. The SMILES string of the molecule is N=C(N)c1ccc(OCc2ccccc2Cl)cc1Br. The van der Waals surface area contributed by atoms with Crippen molar-refractivity contribution in [2.75, 3.05) is 0 Å². The molecule has 2 aromatic rings. The van der Waals surface area contributed by atoms with Crippen LogP contribution in [0.25, 0.3) is 0 Å². The second-order valence-electron chi connectivity index (χ2n) is 3.94. The van der Waals surface area contributed by atoms with Gasteiger partial charge >= 0.3 is 0 Å². The second kappa shape index (κ2) is 6.08. The summed E-state index contributed by atoms with van der Waals surface area (Å²) in [5, 5.41) is 8.08. The minimum absolute atomic E-state index is 0.0181. The van der Waals surface area contributed by atoms with E-state index in [0.717, 1.165) is 10.0 Å². The molecule has 0 fully saturated rings. The van der Waals surface area contributed by atoms with Crippen LogP contribution in [-0.2, 0) is 6.61 Å². The highest BCUT2D eigenvalue weighted by Gasteiger charge is 2.05. The summed E-state index contributed by atoms with van der Waals surface area (Å²) in [4.78, 5) is 0. The molecule has 3 N–H and O–H groups in total. The Morgan fingerprint density at radius 1 is 1.26 bits per heavy atom. The predicted octanol–water partition coefficient (Wildman–Crippen LogP) is 3.97. The minimum Gasteiger partial charge on any atom is -0.489 e. The van der Waals surface area contributed by atoms with Crippen LogP contribution >= 0.6 is 27.5 Å². The molecule has 0 saturated carbocycles. The first-order valence-corrected chi connectivity index (χ1v) is 6.75. The molecule has 5 heteroatoms. The molecule has 0 saturated heterocycles. The Labute approximate surface area is 125 Å². The van der Waals surface area contributed by atoms with Gasteiger partial charge in [-0.15, -0.1) is 0 Å². The smallest absolute Gasteiger partial charge is 0.123 e. The zero-order chi connectivity index (χ0) is 13.8. The van der Waals surface area contributed by atoms with Gasteiger partial charge in [-0.3, -0.25) is 5.41 Å². The average molecular weight is 340 g/mol. The molecule has 98 valence electrons. The quantitative estimate of drug-likeness (QED) is 0.654. The van der Waals surface area contributed by atoms with E-state index in [4.69, 9.17) is 27.5 Å². The molecule has 0 unspecified atom stereocenters. The van der Waals surface area contributed by atoms with Crippen molar-refractivity contribution in [2.24, 2.45) is 5.73 Å². The van der Waals surface area contributed by atoms with Gasteiger partial charge in [-0.1, -0.05) is 29.8 Å². The predicted molar refractivity (Wildman–Crippen MR) is 80.9 cm³/mol. The van der Waals surface area contributed by atoms with E-state index >= 15 is 0 Å². The number of hydrogen-bond acceptors (Lipinski definition) is 2. The Hall–Kier alpha value is -1.52. The Kier molecular flexibility index (Phi) is 4.45. The number of benzene rings is 2. The van der Waals surface area contributed by atoms with E-state index in [-0.39, 0.29) is 5.84 Å². The van der Waals surface area contributed by atoms with Crippen LogP contribution in [0.2, 0.25) is 5.02 Å². The van der Waals surface area contributed by atoms with Crippen LogP contribution in [0.4, 0.5) is 0 Å². The van der Waals surface area contributed by atoms with E-state index in [1.807, 2.05) is 24.3 Å².